The second-order valence-corrected chi connectivity index (χ2v) is 6.45. The third-order valence-electron chi connectivity index (χ3n) is 4.91. The van der Waals surface area contributed by atoms with E-state index < -0.39 is 0 Å². The van der Waals surface area contributed by atoms with Crippen LogP contribution in [0.2, 0.25) is 0 Å². The van der Waals surface area contributed by atoms with Crippen molar-refractivity contribution in [2.45, 2.75) is 0 Å². The average Bonchev–Trinajstić information content (AvgIpc) is 2.70. The summed E-state index contributed by atoms with van der Waals surface area (Å²) in [4.78, 5) is 4.93. The van der Waals surface area contributed by atoms with E-state index in [0.717, 1.165) is 27.6 Å². The van der Waals surface area contributed by atoms with Crippen molar-refractivity contribution in [3.63, 3.8) is 0 Å². The Labute approximate surface area is 151 Å². The van der Waals surface area contributed by atoms with Crippen LogP contribution in [0.4, 0.5) is 0 Å². The number of benzene rings is 4. The molecular weight excluding hydrogens is 318 g/mol. The minimum Gasteiger partial charge on any atom is -0.497 e. The third kappa shape index (κ3) is 2.31. The van der Waals surface area contributed by atoms with Gasteiger partial charge in [-0.25, -0.2) is 4.98 Å². The van der Waals surface area contributed by atoms with E-state index in [2.05, 4.69) is 72.8 Å². The topological polar surface area (TPSA) is 22.1 Å². The number of hydrogen-bond donors (Lipinski definition) is 0. The smallest absolute Gasteiger partial charge is 0.119 e. The number of nitrogens with zero attached hydrogens (tertiary/aromatic N) is 1. The van der Waals surface area contributed by atoms with Gasteiger partial charge in [0, 0.05) is 16.3 Å². The molecule has 0 fully saturated rings. The largest absolute Gasteiger partial charge is 0.497 e. The normalized spacial score (nSPS) is 11.3. The lowest BCUT2D eigenvalue weighted by Crippen LogP contribution is -1.90. The van der Waals surface area contributed by atoms with Gasteiger partial charge in [0.1, 0.15) is 5.75 Å². The fourth-order valence-corrected chi connectivity index (χ4v) is 3.66. The lowest BCUT2D eigenvalue weighted by Gasteiger charge is -2.13. The summed E-state index contributed by atoms with van der Waals surface area (Å²) in [7, 11) is 1.70. The van der Waals surface area contributed by atoms with Gasteiger partial charge >= 0.3 is 0 Å². The average molecular weight is 335 g/mol. The number of pyridine rings is 1. The molecule has 0 atom stereocenters. The van der Waals surface area contributed by atoms with Gasteiger partial charge in [0.15, 0.2) is 0 Å². The van der Waals surface area contributed by atoms with Gasteiger partial charge in [0.05, 0.1) is 18.1 Å². The van der Waals surface area contributed by atoms with Crippen molar-refractivity contribution in [2.24, 2.45) is 0 Å². The molecule has 2 nitrogen and oxygen atoms in total. The highest BCUT2D eigenvalue weighted by Gasteiger charge is 2.12. The van der Waals surface area contributed by atoms with Gasteiger partial charge in [-0.1, -0.05) is 54.6 Å². The number of ether oxygens (including phenoxy) is 1. The minimum absolute atomic E-state index is 0.867. The molecule has 0 saturated heterocycles. The molecule has 0 bridgehead atoms. The summed E-state index contributed by atoms with van der Waals surface area (Å²) < 4.78 is 5.40. The summed E-state index contributed by atoms with van der Waals surface area (Å²) in [6.45, 7) is 0. The zero-order valence-electron chi connectivity index (χ0n) is 14.4. The zero-order valence-corrected chi connectivity index (χ0v) is 14.4. The van der Waals surface area contributed by atoms with Crippen LogP contribution in [0.5, 0.6) is 5.75 Å². The van der Waals surface area contributed by atoms with Gasteiger partial charge in [0.2, 0.25) is 0 Å². The van der Waals surface area contributed by atoms with E-state index in [9.17, 15) is 0 Å². The number of aromatic nitrogens is 1. The lowest BCUT2D eigenvalue weighted by atomic mass is 9.94. The Balaban J connectivity index is 1.97. The molecule has 124 valence electrons. The third-order valence-corrected chi connectivity index (χ3v) is 4.91. The number of rotatable bonds is 2. The molecule has 0 radical (unpaired) electrons. The number of fused-ring (bicyclic) bond motifs is 3. The summed E-state index contributed by atoms with van der Waals surface area (Å²) in [5, 5.41) is 4.66. The maximum atomic E-state index is 5.40. The van der Waals surface area contributed by atoms with E-state index in [1.807, 2.05) is 12.1 Å². The lowest BCUT2D eigenvalue weighted by molar-refractivity contribution is 0.415. The number of para-hydroxylation sites is 1. The predicted octanol–water partition coefficient (Wildman–Crippen LogP) is 6.22. The summed E-state index contributed by atoms with van der Waals surface area (Å²) in [5.74, 6) is 0.867. The van der Waals surface area contributed by atoms with Crippen LogP contribution in [0.3, 0.4) is 0 Å². The Morgan fingerprint density at radius 3 is 2.31 bits per heavy atom. The molecule has 5 aromatic rings. The van der Waals surface area contributed by atoms with Crippen LogP contribution in [0.15, 0.2) is 84.9 Å². The molecule has 0 N–H and O–H groups in total. The second kappa shape index (κ2) is 5.85. The maximum Gasteiger partial charge on any atom is 0.119 e. The van der Waals surface area contributed by atoms with Crippen LogP contribution >= 0.6 is 0 Å². The van der Waals surface area contributed by atoms with E-state index in [1.165, 1.54) is 21.9 Å². The minimum atomic E-state index is 0.867. The van der Waals surface area contributed by atoms with Crippen LogP contribution in [-0.4, -0.2) is 12.1 Å². The second-order valence-electron chi connectivity index (χ2n) is 6.45. The van der Waals surface area contributed by atoms with Crippen LogP contribution in [-0.2, 0) is 0 Å². The molecule has 0 saturated carbocycles. The van der Waals surface area contributed by atoms with Crippen molar-refractivity contribution >= 4 is 32.6 Å². The molecule has 5 rings (SSSR count). The molecule has 1 heterocycles. The summed E-state index contributed by atoms with van der Waals surface area (Å²) in [6, 6.07) is 29.5. The molecule has 0 spiro atoms. The number of hydrogen-bond acceptors (Lipinski definition) is 2. The van der Waals surface area contributed by atoms with E-state index in [1.54, 1.807) is 7.11 Å². The highest BCUT2D eigenvalue weighted by atomic mass is 16.5. The SMILES string of the molecule is COc1ccc2cc3nc4ccccc4c(-c4ccccc4)c3cc2c1. The Bertz CT molecular complexity index is 1260. The Morgan fingerprint density at radius 1 is 0.654 bits per heavy atom. The fourth-order valence-electron chi connectivity index (χ4n) is 3.66. The Morgan fingerprint density at radius 2 is 1.46 bits per heavy atom. The predicted molar refractivity (Wildman–Crippen MR) is 109 cm³/mol. The molecule has 4 aromatic carbocycles. The van der Waals surface area contributed by atoms with Gasteiger partial charge in [-0.2, -0.15) is 0 Å². The monoisotopic (exact) mass is 335 g/mol. The summed E-state index contributed by atoms with van der Waals surface area (Å²) in [5.41, 5.74) is 4.47. The molecule has 26 heavy (non-hydrogen) atoms. The highest BCUT2D eigenvalue weighted by molar-refractivity contribution is 6.12. The zero-order chi connectivity index (χ0) is 17.5. The van der Waals surface area contributed by atoms with Crippen LogP contribution < -0.4 is 4.74 Å². The first-order chi connectivity index (χ1) is 12.8. The molecule has 0 aliphatic heterocycles. The molecule has 0 amide bonds. The first-order valence-corrected chi connectivity index (χ1v) is 8.69. The van der Waals surface area contributed by atoms with Crippen molar-refractivity contribution < 1.29 is 4.74 Å². The first-order valence-electron chi connectivity index (χ1n) is 8.69. The molecule has 0 aliphatic carbocycles. The Hall–Kier alpha value is -3.39. The summed E-state index contributed by atoms with van der Waals surface area (Å²) in [6.07, 6.45) is 0. The van der Waals surface area contributed by atoms with Crippen molar-refractivity contribution in [1.82, 2.24) is 4.98 Å². The molecule has 0 unspecified atom stereocenters. The molecule has 2 heteroatoms. The molecule has 0 aliphatic rings. The van der Waals surface area contributed by atoms with Gasteiger partial charge in [0.25, 0.3) is 0 Å². The van der Waals surface area contributed by atoms with E-state index in [0.29, 0.717) is 0 Å². The van der Waals surface area contributed by atoms with Crippen molar-refractivity contribution in [2.75, 3.05) is 7.11 Å². The maximum absolute atomic E-state index is 5.40. The van der Waals surface area contributed by atoms with Gasteiger partial charge in [-0.3, -0.25) is 0 Å². The van der Waals surface area contributed by atoms with Crippen LogP contribution in [0.1, 0.15) is 0 Å². The van der Waals surface area contributed by atoms with Gasteiger partial charge in [-0.05, 0) is 46.7 Å². The van der Waals surface area contributed by atoms with E-state index in [4.69, 9.17) is 9.72 Å². The van der Waals surface area contributed by atoms with Crippen molar-refractivity contribution in [3.05, 3.63) is 84.9 Å². The van der Waals surface area contributed by atoms with Gasteiger partial charge in [-0.15, -0.1) is 0 Å². The highest BCUT2D eigenvalue weighted by Crippen LogP contribution is 2.37. The fraction of sp³-hybridized carbons (Fsp3) is 0.0417. The van der Waals surface area contributed by atoms with Crippen LogP contribution in [0.25, 0.3) is 43.7 Å². The van der Waals surface area contributed by atoms with Gasteiger partial charge < -0.3 is 4.74 Å². The number of methoxy groups -OCH3 is 1. The Kier molecular flexibility index (Phi) is 3.36. The van der Waals surface area contributed by atoms with Crippen molar-refractivity contribution in [3.8, 4) is 16.9 Å². The van der Waals surface area contributed by atoms with Crippen LogP contribution in [0, 0.1) is 0 Å². The van der Waals surface area contributed by atoms with Crippen molar-refractivity contribution in [1.29, 1.82) is 0 Å². The standard InChI is InChI=1S/C24H17NO/c1-26-19-12-11-17-15-23-21(14-18(17)13-19)24(16-7-3-2-4-8-16)20-9-5-6-10-22(20)25-23/h2-15H,1H3. The van der Waals surface area contributed by atoms with E-state index >= 15 is 0 Å². The quantitative estimate of drug-likeness (QED) is 0.357. The molecular formula is C24H17NO. The van der Waals surface area contributed by atoms with E-state index in [-0.39, 0.29) is 0 Å². The first kappa shape index (κ1) is 14.9. The molecule has 1 aromatic heterocycles. The summed E-state index contributed by atoms with van der Waals surface area (Å²) >= 11 is 0.